The summed E-state index contributed by atoms with van der Waals surface area (Å²) in [5, 5.41) is 8.05. The van der Waals surface area contributed by atoms with Crippen molar-refractivity contribution in [3.8, 4) is 0 Å². The van der Waals surface area contributed by atoms with Crippen LogP contribution in [0.2, 0.25) is 0 Å². The molecule has 16 heavy (non-hydrogen) atoms. The van der Waals surface area contributed by atoms with E-state index in [1.54, 1.807) is 0 Å². The maximum absolute atomic E-state index is 4.07. The first-order chi connectivity index (χ1) is 7.61. The first kappa shape index (κ1) is 17.5. The number of hydrogen-bond acceptors (Lipinski definition) is 2. The van der Waals surface area contributed by atoms with Crippen molar-refractivity contribution in [1.29, 1.82) is 0 Å². The molecule has 0 aliphatic rings. The van der Waals surface area contributed by atoms with Crippen molar-refractivity contribution in [2.24, 2.45) is 0 Å². The van der Waals surface area contributed by atoms with Crippen LogP contribution in [-0.2, 0) is 0 Å². The van der Waals surface area contributed by atoms with Gasteiger partial charge in [-0.1, -0.05) is 55.4 Å². The van der Waals surface area contributed by atoms with E-state index in [1.807, 2.05) is 33.9 Å². The summed E-state index contributed by atoms with van der Waals surface area (Å²) in [5.74, 6) is 1.01. The van der Waals surface area contributed by atoms with Crippen LogP contribution >= 0.6 is 0 Å². The molecule has 1 aromatic rings. The molecule has 0 amide bonds. The Balaban J connectivity index is 0. The zero-order valence-corrected chi connectivity index (χ0v) is 12.2. The third kappa shape index (κ3) is 6.54. The van der Waals surface area contributed by atoms with Gasteiger partial charge in [0.25, 0.3) is 0 Å². The Morgan fingerprint density at radius 3 is 1.75 bits per heavy atom. The minimum Gasteiger partial charge on any atom is -0.159 e. The Hall–Kier alpha value is -0.920. The molecule has 0 saturated carbocycles. The second-order valence-electron chi connectivity index (χ2n) is 3.72. The van der Waals surface area contributed by atoms with E-state index in [0.29, 0.717) is 11.8 Å². The minimum absolute atomic E-state index is 0.469. The summed E-state index contributed by atoms with van der Waals surface area (Å²) >= 11 is 0. The highest BCUT2D eigenvalue weighted by Crippen LogP contribution is 2.17. The van der Waals surface area contributed by atoms with Gasteiger partial charge in [-0.25, -0.2) is 0 Å². The van der Waals surface area contributed by atoms with Crippen LogP contribution in [0, 0.1) is 0 Å². The zero-order chi connectivity index (χ0) is 13.1. The van der Waals surface area contributed by atoms with Crippen molar-refractivity contribution < 1.29 is 0 Å². The third-order valence-corrected chi connectivity index (χ3v) is 1.95. The molecule has 0 spiro atoms. The highest BCUT2D eigenvalue weighted by atomic mass is 15.1. The predicted molar refractivity (Wildman–Crippen MR) is 72.9 cm³/mol. The maximum atomic E-state index is 4.07. The van der Waals surface area contributed by atoms with E-state index < -0.39 is 0 Å². The van der Waals surface area contributed by atoms with Gasteiger partial charge in [0.2, 0.25) is 0 Å². The first-order valence-electron chi connectivity index (χ1n) is 6.43. The van der Waals surface area contributed by atoms with Crippen molar-refractivity contribution in [3.05, 3.63) is 23.5 Å². The van der Waals surface area contributed by atoms with Crippen molar-refractivity contribution in [2.45, 2.75) is 67.2 Å². The van der Waals surface area contributed by atoms with Crippen LogP contribution in [0.4, 0.5) is 0 Å². The van der Waals surface area contributed by atoms with Crippen molar-refractivity contribution in [3.63, 3.8) is 0 Å². The summed E-state index contributed by atoms with van der Waals surface area (Å²) in [5.41, 5.74) is 2.36. The normalized spacial score (nSPS) is 9.12. The number of nitrogens with zero attached hydrogens (tertiary/aromatic N) is 2. The van der Waals surface area contributed by atoms with Gasteiger partial charge >= 0.3 is 0 Å². The number of rotatable bonds is 2. The highest BCUT2D eigenvalue weighted by molar-refractivity contribution is 5.17. The fourth-order valence-corrected chi connectivity index (χ4v) is 0.997. The average Bonchev–Trinajstić information content (AvgIpc) is 2.34. The van der Waals surface area contributed by atoms with Crippen LogP contribution in [0.15, 0.2) is 12.3 Å². The molecule has 1 rings (SSSR count). The lowest BCUT2D eigenvalue weighted by Gasteiger charge is -2.07. The molecule has 1 heterocycles. The lowest BCUT2D eigenvalue weighted by atomic mass is 10.0. The number of aromatic nitrogens is 2. The van der Waals surface area contributed by atoms with Crippen molar-refractivity contribution in [2.75, 3.05) is 0 Å². The Morgan fingerprint density at radius 2 is 1.38 bits per heavy atom. The fourth-order valence-electron chi connectivity index (χ4n) is 0.997. The van der Waals surface area contributed by atoms with Gasteiger partial charge in [0, 0.05) is 0 Å². The van der Waals surface area contributed by atoms with Crippen molar-refractivity contribution >= 4 is 0 Å². The second-order valence-corrected chi connectivity index (χ2v) is 3.72. The summed E-state index contributed by atoms with van der Waals surface area (Å²) in [6, 6.07) is 2.14. The van der Waals surface area contributed by atoms with Crippen LogP contribution < -0.4 is 0 Å². The van der Waals surface area contributed by atoms with E-state index in [1.165, 1.54) is 5.56 Å². The van der Waals surface area contributed by atoms with Gasteiger partial charge in [-0.15, -0.1) is 0 Å². The molecule has 0 atom stereocenters. The third-order valence-electron chi connectivity index (χ3n) is 1.95. The second kappa shape index (κ2) is 10.6. The lowest BCUT2D eigenvalue weighted by Crippen LogP contribution is -1.98. The molecule has 2 nitrogen and oxygen atoms in total. The van der Waals surface area contributed by atoms with Gasteiger partial charge < -0.3 is 0 Å². The predicted octanol–water partition coefficient (Wildman–Crippen LogP) is 4.78. The summed E-state index contributed by atoms with van der Waals surface area (Å²) in [4.78, 5) is 0. The quantitative estimate of drug-likeness (QED) is 0.722. The molecule has 0 aliphatic carbocycles. The molecule has 0 saturated heterocycles. The Labute approximate surface area is 102 Å². The molecule has 0 N–H and O–H groups in total. The summed E-state index contributed by atoms with van der Waals surface area (Å²) in [6.07, 6.45) is 1.84. The Morgan fingerprint density at radius 1 is 0.875 bits per heavy atom. The molecule has 0 fully saturated rings. The van der Waals surface area contributed by atoms with E-state index >= 15 is 0 Å². The highest BCUT2D eigenvalue weighted by Gasteiger charge is 2.04. The molecule has 1 aromatic heterocycles. The van der Waals surface area contributed by atoms with Crippen LogP contribution in [0.1, 0.15) is 78.5 Å². The monoisotopic (exact) mass is 224 g/mol. The van der Waals surface area contributed by atoms with Crippen molar-refractivity contribution in [1.82, 2.24) is 10.2 Å². The Bertz CT molecular complexity index is 231. The summed E-state index contributed by atoms with van der Waals surface area (Å²) in [7, 11) is 0. The molecule has 0 aromatic carbocycles. The topological polar surface area (TPSA) is 25.8 Å². The molecule has 0 radical (unpaired) electrons. The van der Waals surface area contributed by atoms with Gasteiger partial charge in [0.15, 0.2) is 0 Å². The fraction of sp³-hybridized carbons (Fsp3) is 0.714. The molecule has 94 valence electrons. The van der Waals surface area contributed by atoms with Gasteiger partial charge in [0.1, 0.15) is 0 Å². The smallest absolute Gasteiger partial charge is 0.0659 e. The molecule has 0 bridgehead atoms. The van der Waals surface area contributed by atoms with Crippen LogP contribution in [0.25, 0.3) is 0 Å². The van der Waals surface area contributed by atoms with E-state index in [0.717, 1.165) is 5.69 Å². The molecular formula is C14H28N2. The SMILES string of the molecule is CC.CC.CC(C)c1cnnc(C(C)C)c1. The lowest BCUT2D eigenvalue weighted by molar-refractivity contribution is 0.759. The minimum atomic E-state index is 0.469. The van der Waals surface area contributed by atoms with Gasteiger partial charge in [-0.05, 0) is 23.5 Å². The average molecular weight is 224 g/mol. The van der Waals surface area contributed by atoms with Gasteiger partial charge in [-0.3, -0.25) is 0 Å². The summed E-state index contributed by atoms with van der Waals surface area (Å²) in [6.45, 7) is 16.6. The molecule has 0 aliphatic heterocycles. The largest absolute Gasteiger partial charge is 0.159 e. The van der Waals surface area contributed by atoms with E-state index in [-0.39, 0.29) is 0 Å². The van der Waals surface area contributed by atoms with Crippen LogP contribution in [0.5, 0.6) is 0 Å². The van der Waals surface area contributed by atoms with Crippen LogP contribution in [0.3, 0.4) is 0 Å². The maximum Gasteiger partial charge on any atom is 0.0659 e. The van der Waals surface area contributed by atoms with E-state index in [4.69, 9.17) is 0 Å². The first-order valence-corrected chi connectivity index (χ1v) is 6.43. The van der Waals surface area contributed by atoms with Gasteiger partial charge in [-0.2, -0.15) is 10.2 Å². The van der Waals surface area contributed by atoms with Crippen LogP contribution in [-0.4, -0.2) is 10.2 Å². The summed E-state index contributed by atoms with van der Waals surface area (Å²) < 4.78 is 0. The van der Waals surface area contributed by atoms with E-state index in [2.05, 4.69) is 44.0 Å². The zero-order valence-electron chi connectivity index (χ0n) is 12.2. The molecule has 0 unspecified atom stereocenters. The van der Waals surface area contributed by atoms with E-state index in [9.17, 15) is 0 Å². The standard InChI is InChI=1S/C10H16N2.2C2H6/c1-7(2)9-5-10(8(3)4)12-11-6-9;2*1-2/h5-8H,1-4H3;2*1-2H3. The molecule has 2 heteroatoms. The number of hydrogen-bond donors (Lipinski definition) is 0. The van der Waals surface area contributed by atoms with Gasteiger partial charge in [0.05, 0.1) is 11.9 Å². The Kier molecular flexibility index (Phi) is 11.6. The molecular weight excluding hydrogens is 196 g/mol.